The molecule has 0 bridgehead atoms. The van der Waals surface area contributed by atoms with Gasteiger partial charge in [-0.15, -0.1) is 4.40 Å². The van der Waals surface area contributed by atoms with Crippen LogP contribution in [0.15, 0.2) is 93.3 Å². The summed E-state index contributed by atoms with van der Waals surface area (Å²) < 4.78 is 34.4. The van der Waals surface area contributed by atoms with Crippen molar-refractivity contribution in [2.75, 3.05) is 13.2 Å². The zero-order valence-corrected chi connectivity index (χ0v) is 21.0. The fourth-order valence-electron chi connectivity index (χ4n) is 3.62. The maximum absolute atomic E-state index is 12.9. The van der Waals surface area contributed by atoms with E-state index < -0.39 is 16.0 Å². The first kappa shape index (κ1) is 24.9. The van der Waals surface area contributed by atoms with Crippen LogP contribution >= 0.6 is 23.2 Å². The van der Waals surface area contributed by atoms with Gasteiger partial charge in [0, 0.05) is 10.9 Å². The molecule has 0 saturated carbocycles. The van der Waals surface area contributed by atoms with Crippen molar-refractivity contribution in [2.45, 2.75) is 17.7 Å². The Kier molecular flexibility index (Phi) is 7.54. The summed E-state index contributed by atoms with van der Waals surface area (Å²) in [5.41, 5.74) is 2.80. The Hall–Kier alpha value is -3.20. The van der Waals surface area contributed by atoms with Crippen molar-refractivity contribution in [3.63, 3.8) is 0 Å². The van der Waals surface area contributed by atoms with Gasteiger partial charge in [0.1, 0.15) is 0 Å². The molecule has 1 unspecified atom stereocenters. The summed E-state index contributed by atoms with van der Waals surface area (Å²) in [5.74, 6) is -0.695. The highest BCUT2D eigenvalue weighted by Gasteiger charge is 2.32. The zero-order chi connectivity index (χ0) is 25.0. The highest BCUT2D eigenvalue weighted by molar-refractivity contribution is 7.90. The molecule has 3 aromatic carbocycles. The average molecular weight is 530 g/mol. The van der Waals surface area contributed by atoms with E-state index in [-0.39, 0.29) is 28.3 Å². The predicted octanol–water partition coefficient (Wildman–Crippen LogP) is 5.30. The zero-order valence-electron chi connectivity index (χ0n) is 18.6. The second-order valence-corrected chi connectivity index (χ2v) is 10.00. The lowest BCUT2D eigenvalue weighted by Gasteiger charge is -2.15. The largest absolute Gasteiger partial charge is 0.462 e. The number of nitrogens with zero attached hydrogens (tertiary/aromatic N) is 3. The van der Waals surface area contributed by atoms with Crippen molar-refractivity contribution in [3.8, 4) is 0 Å². The smallest absolute Gasteiger partial charge is 0.338 e. The van der Waals surface area contributed by atoms with Crippen LogP contribution in [0, 0.1) is 0 Å². The normalized spacial score (nSPS) is 16.2. The molecule has 0 spiro atoms. The molecule has 3 aromatic rings. The van der Waals surface area contributed by atoms with Crippen LogP contribution in [-0.2, 0) is 14.8 Å². The van der Waals surface area contributed by atoms with E-state index in [1.807, 2.05) is 42.5 Å². The van der Waals surface area contributed by atoms with Crippen LogP contribution in [0.25, 0.3) is 0 Å². The quantitative estimate of drug-likeness (QED) is 0.187. The topological polar surface area (TPSA) is 88.4 Å². The highest BCUT2D eigenvalue weighted by atomic mass is 35.5. The van der Waals surface area contributed by atoms with Gasteiger partial charge in [-0.1, -0.05) is 54.1 Å². The van der Waals surface area contributed by atoms with Crippen LogP contribution in [0.2, 0.25) is 5.02 Å². The number of carbonyl (C=O) groups excluding carboxylic acids is 1. The van der Waals surface area contributed by atoms with Crippen molar-refractivity contribution in [1.29, 1.82) is 0 Å². The average Bonchev–Trinajstić information content (AvgIpc) is 3.31. The predicted molar refractivity (Wildman–Crippen MR) is 137 cm³/mol. The first-order valence-electron chi connectivity index (χ1n) is 10.7. The van der Waals surface area contributed by atoms with Gasteiger partial charge in [-0.05, 0) is 66.0 Å². The van der Waals surface area contributed by atoms with Crippen molar-refractivity contribution in [1.82, 2.24) is 5.01 Å². The molecule has 0 radical (unpaired) electrons. The van der Waals surface area contributed by atoms with Crippen molar-refractivity contribution in [2.24, 2.45) is 9.50 Å². The summed E-state index contributed by atoms with van der Waals surface area (Å²) in [4.78, 5) is 11.7. The van der Waals surface area contributed by atoms with Crippen LogP contribution in [-0.4, -0.2) is 43.6 Å². The lowest BCUT2D eigenvalue weighted by molar-refractivity contribution is 0.0526. The minimum absolute atomic E-state index is 0.107. The molecule has 7 nitrogen and oxygen atoms in total. The molecule has 0 amide bonds. The van der Waals surface area contributed by atoms with Crippen molar-refractivity contribution < 1.29 is 17.9 Å². The van der Waals surface area contributed by atoms with Crippen LogP contribution in [0.4, 0.5) is 0 Å². The number of amidine groups is 1. The van der Waals surface area contributed by atoms with Gasteiger partial charge in [-0.25, -0.2) is 9.80 Å². The minimum atomic E-state index is -4.15. The molecule has 0 aromatic heterocycles. The number of hydrazone groups is 1. The fourth-order valence-corrected chi connectivity index (χ4v) is 5.00. The second-order valence-electron chi connectivity index (χ2n) is 7.62. The lowest BCUT2D eigenvalue weighted by Crippen LogP contribution is -2.23. The maximum atomic E-state index is 12.9. The van der Waals surface area contributed by atoms with Gasteiger partial charge in [-0.3, -0.25) is 0 Å². The molecule has 0 saturated heterocycles. The highest BCUT2D eigenvalue weighted by Crippen LogP contribution is 2.30. The molecule has 0 fully saturated rings. The number of sulfonamides is 1. The molecular weight excluding hydrogens is 509 g/mol. The van der Waals surface area contributed by atoms with Crippen LogP contribution < -0.4 is 0 Å². The minimum Gasteiger partial charge on any atom is -0.462 e. The summed E-state index contributed by atoms with van der Waals surface area (Å²) in [6.45, 7) is 2.22. The first-order chi connectivity index (χ1) is 16.8. The molecule has 180 valence electrons. The lowest BCUT2D eigenvalue weighted by atomic mass is 9.91. The number of benzene rings is 3. The number of ether oxygens (including phenoxy) is 1. The van der Waals surface area contributed by atoms with Gasteiger partial charge in [-0.2, -0.15) is 13.5 Å². The van der Waals surface area contributed by atoms with Gasteiger partial charge in [0.25, 0.3) is 10.0 Å². The van der Waals surface area contributed by atoms with Gasteiger partial charge < -0.3 is 4.74 Å². The van der Waals surface area contributed by atoms with Gasteiger partial charge in [0.15, 0.2) is 0 Å². The molecule has 1 heterocycles. The summed E-state index contributed by atoms with van der Waals surface area (Å²) in [6.07, 6.45) is 0. The second kappa shape index (κ2) is 10.6. The summed E-state index contributed by atoms with van der Waals surface area (Å²) in [5, 5.41) is 6.28. The molecule has 1 aliphatic heterocycles. The van der Waals surface area contributed by atoms with Crippen LogP contribution in [0.5, 0.6) is 0 Å². The SMILES string of the molecule is CCOC(=O)c1ccc(S(=O)(=O)/N=C(\Cl)N2CC(c3ccccc3)C(c3ccc(Cl)cc3)=N2)cc1. The molecule has 4 rings (SSSR count). The Bertz CT molecular complexity index is 1370. The van der Waals surface area contributed by atoms with E-state index >= 15 is 0 Å². The number of carbonyl (C=O) groups is 1. The first-order valence-corrected chi connectivity index (χ1v) is 12.9. The van der Waals surface area contributed by atoms with Crippen molar-refractivity contribution in [3.05, 3.63) is 101 Å². The molecule has 35 heavy (non-hydrogen) atoms. The van der Waals surface area contributed by atoms with Gasteiger partial charge >= 0.3 is 5.97 Å². The summed E-state index contributed by atoms with van der Waals surface area (Å²) >= 11 is 12.4. The summed E-state index contributed by atoms with van der Waals surface area (Å²) in [7, 11) is -4.15. The third-order valence-corrected chi connectivity index (χ3v) is 7.24. The molecule has 10 heteroatoms. The third kappa shape index (κ3) is 5.73. The molecule has 1 aliphatic rings. The summed E-state index contributed by atoms with van der Waals surface area (Å²) in [6, 6.07) is 22.3. The van der Waals surface area contributed by atoms with E-state index in [9.17, 15) is 13.2 Å². The Morgan fingerprint density at radius 3 is 2.34 bits per heavy atom. The fraction of sp³-hybridized carbons (Fsp3) is 0.160. The van der Waals surface area contributed by atoms with E-state index in [0.717, 1.165) is 16.8 Å². The van der Waals surface area contributed by atoms with E-state index in [2.05, 4.69) is 9.50 Å². The molecule has 0 N–H and O–H groups in total. The molecule has 1 atom stereocenters. The monoisotopic (exact) mass is 529 g/mol. The van der Waals surface area contributed by atoms with Crippen molar-refractivity contribution >= 4 is 50.2 Å². The number of rotatable bonds is 6. The number of hydrogen-bond donors (Lipinski definition) is 0. The van der Waals surface area contributed by atoms with E-state index in [1.165, 1.54) is 29.3 Å². The van der Waals surface area contributed by atoms with Gasteiger partial charge in [0.05, 0.1) is 29.3 Å². The molecule has 0 aliphatic carbocycles. The third-order valence-electron chi connectivity index (χ3n) is 5.33. The molecular formula is C25H21Cl2N3O4S. The Morgan fingerprint density at radius 1 is 1.06 bits per heavy atom. The maximum Gasteiger partial charge on any atom is 0.338 e. The number of halogens is 2. The van der Waals surface area contributed by atoms with E-state index in [4.69, 9.17) is 27.9 Å². The standard InChI is InChI=1S/C25H21Cl2N3O4S/c1-2-34-24(31)19-10-14-21(15-11-19)35(32,33)29-25(27)30-16-22(17-6-4-3-5-7-17)23(28-30)18-8-12-20(26)13-9-18/h3-15,22H,2,16H2,1H3/b29-25+. The van der Waals surface area contributed by atoms with Crippen LogP contribution in [0.3, 0.4) is 0 Å². The van der Waals surface area contributed by atoms with E-state index in [1.54, 1.807) is 19.1 Å². The van der Waals surface area contributed by atoms with Crippen LogP contribution in [0.1, 0.15) is 34.3 Å². The number of esters is 1. The van der Waals surface area contributed by atoms with Gasteiger partial charge in [0.2, 0.25) is 5.29 Å². The van der Waals surface area contributed by atoms with E-state index in [0.29, 0.717) is 11.6 Å². The Labute approximate surface area is 213 Å². The Balaban J connectivity index is 1.63. The number of hydrogen-bond acceptors (Lipinski definition) is 5. The Morgan fingerprint density at radius 2 is 1.71 bits per heavy atom.